The van der Waals surface area contributed by atoms with Gasteiger partial charge in [-0.1, -0.05) is 60.7 Å². The molecule has 1 aromatic heterocycles. The molecule has 23 heavy (non-hydrogen) atoms. The summed E-state index contributed by atoms with van der Waals surface area (Å²) in [5.41, 5.74) is 2.14. The number of hydrogen-bond donors (Lipinski definition) is 2. The zero-order valence-electron chi connectivity index (χ0n) is 12.8. The molecule has 3 nitrogen and oxygen atoms in total. The molecule has 0 bridgehead atoms. The van der Waals surface area contributed by atoms with Crippen LogP contribution in [-0.2, 0) is 6.61 Å². The molecule has 3 heteroatoms. The second-order valence-corrected chi connectivity index (χ2v) is 5.55. The van der Waals surface area contributed by atoms with Crippen molar-refractivity contribution in [2.24, 2.45) is 0 Å². The summed E-state index contributed by atoms with van der Waals surface area (Å²) in [6.07, 6.45) is 0. The van der Waals surface area contributed by atoms with Gasteiger partial charge in [0, 0.05) is 5.92 Å². The summed E-state index contributed by atoms with van der Waals surface area (Å²) < 4.78 is 5.79. The van der Waals surface area contributed by atoms with E-state index >= 15 is 0 Å². The van der Waals surface area contributed by atoms with Gasteiger partial charge in [0.2, 0.25) is 0 Å². The fourth-order valence-corrected chi connectivity index (χ4v) is 3.01. The zero-order chi connectivity index (χ0) is 16.1. The summed E-state index contributed by atoms with van der Waals surface area (Å²) in [7, 11) is 0. The first-order valence-electron chi connectivity index (χ1n) is 7.73. The highest BCUT2D eigenvalue weighted by atomic mass is 16.4. The predicted molar refractivity (Wildman–Crippen MR) is 89.2 cm³/mol. The van der Waals surface area contributed by atoms with Gasteiger partial charge < -0.3 is 14.6 Å². The first-order chi connectivity index (χ1) is 11.3. The zero-order valence-corrected chi connectivity index (χ0v) is 12.8. The topological polar surface area (TPSA) is 53.6 Å². The maximum absolute atomic E-state index is 10.0. The van der Waals surface area contributed by atoms with Gasteiger partial charge in [-0.15, -0.1) is 0 Å². The Labute approximate surface area is 135 Å². The number of furan rings is 1. The third-order valence-corrected chi connectivity index (χ3v) is 4.13. The Morgan fingerprint density at radius 2 is 1.35 bits per heavy atom. The van der Waals surface area contributed by atoms with Gasteiger partial charge in [-0.3, -0.25) is 0 Å². The molecule has 0 unspecified atom stereocenters. The van der Waals surface area contributed by atoms with E-state index in [1.54, 1.807) is 6.07 Å². The molecule has 0 aliphatic rings. The Hall–Kier alpha value is -2.36. The lowest BCUT2D eigenvalue weighted by atomic mass is 9.80. The van der Waals surface area contributed by atoms with Crippen molar-refractivity contribution in [3.05, 3.63) is 95.4 Å². The van der Waals surface area contributed by atoms with Crippen LogP contribution in [0.5, 0.6) is 0 Å². The summed E-state index contributed by atoms with van der Waals surface area (Å²) in [6.45, 7) is -0.116. The molecule has 0 fully saturated rings. The molecule has 2 aromatic carbocycles. The van der Waals surface area contributed by atoms with Crippen LogP contribution in [0.3, 0.4) is 0 Å². The molecule has 0 radical (unpaired) electrons. The lowest BCUT2D eigenvalue weighted by molar-refractivity contribution is 0.229. The van der Waals surface area contributed by atoms with Gasteiger partial charge in [-0.2, -0.15) is 0 Å². The van der Waals surface area contributed by atoms with Gasteiger partial charge >= 0.3 is 0 Å². The Morgan fingerprint density at radius 1 is 0.739 bits per heavy atom. The Kier molecular flexibility index (Phi) is 4.91. The van der Waals surface area contributed by atoms with Crippen LogP contribution >= 0.6 is 0 Å². The van der Waals surface area contributed by atoms with Crippen LogP contribution in [-0.4, -0.2) is 16.8 Å². The maximum Gasteiger partial charge on any atom is 0.129 e. The van der Waals surface area contributed by atoms with Gasteiger partial charge in [-0.05, 0) is 23.3 Å². The van der Waals surface area contributed by atoms with Crippen LogP contribution in [0.15, 0.2) is 77.2 Å². The van der Waals surface area contributed by atoms with E-state index < -0.39 is 0 Å². The van der Waals surface area contributed by atoms with E-state index in [4.69, 9.17) is 4.42 Å². The average Bonchev–Trinajstić information content (AvgIpc) is 3.09. The molecular formula is C20H20O3. The maximum atomic E-state index is 10.0. The van der Waals surface area contributed by atoms with Gasteiger partial charge in [0.1, 0.15) is 18.1 Å². The molecule has 0 aliphatic heterocycles. The van der Waals surface area contributed by atoms with Crippen molar-refractivity contribution >= 4 is 0 Å². The fourth-order valence-electron chi connectivity index (χ4n) is 3.01. The number of aliphatic hydroxyl groups is 2. The number of aliphatic hydroxyl groups excluding tert-OH is 2. The Balaban J connectivity index is 2.07. The van der Waals surface area contributed by atoms with Crippen molar-refractivity contribution in [1.29, 1.82) is 0 Å². The van der Waals surface area contributed by atoms with Crippen molar-refractivity contribution in [2.45, 2.75) is 18.4 Å². The van der Waals surface area contributed by atoms with E-state index in [0.717, 1.165) is 16.9 Å². The quantitative estimate of drug-likeness (QED) is 0.730. The molecule has 0 saturated carbocycles. The largest absolute Gasteiger partial charge is 0.463 e. The van der Waals surface area contributed by atoms with E-state index in [2.05, 4.69) is 0 Å². The third-order valence-electron chi connectivity index (χ3n) is 4.13. The minimum absolute atomic E-state index is 0.0126. The highest BCUT2D eigenvalue weighted by Gasteiger charge is 2.28. The number of rotatable bonds is 6. The van der Waals surface area contributed by atoms with Crippen LogP contribution in [0, 0.1) is 0 Å². The molecule has 2 atom stereocenters. The fraction of sp³-hybridized carbons (Fsp3) is 0.200. The van der Waals surface area contributed by atoms with Gasteiger partial charge in [0.05, 0.1) is 12.5 Å². The Bertz CT molecular complexity index is 719. The van der Waals surface area contributed by atoms with Crippen LogP contribution in [0.2, 0.25) is 0 Å². The van der Waals surface area contributed by atoms with Crippen LogP contribution in [0.1, 0.15) is 34.5 Å². The van der Waals surface area contributed by atoms with Crippen molar-refractivity contribution in [3.8, 4) is 0 Å². The first-order valence-corrected chi connectivity index (χ1v) is 7.73. The van der Waals surface area contributed by atoms with Crippen LogP contribution in [0.25, 0.3) is 0 Å². The Morgan fingerprint density at radius 3 is 1.87 bits per heavy atom. The number of benzene rings is 2. The molecule has 118 valence electrons. The van der Waals surface area contributed by atoms with Gasteiger partial charge in [0.15, 0.2) is 0 Å². The molecule has 0 saturated heterocycles. The summed E-state index contributed by atoms with van der Waals surface area (Å²) in [4.78, 5) is 0. The lowest BCUT2D eigenvalue weighted by Crippen LogP contribution is -2.16. The minimum atomic E-state index is -0.128. The molecule has 3 aromatic rings. The average molecular weight is 308 g/mol. The second-order valence-electron chi connectivity index (χ2n) is 5.55. The second kappa shape index (κ2) is 7.27. The SMILES string of the molecule is OCc1ccc([C@H](c2ccccc2)[C@H](CO)c2ccccc2)o1. The lowest BCUT2D eigenvalue weighted by Gasteiger charge is -2.25. The highest BCUT2D eigenvalue weighted by molar-refractivity contribution is 5.35. The van der Waals surface area contributed by atoms with E-state index in [1.807, 2.05) is 66.7 Å². The summed E-state index contributed by atoms with van der Waals surface area (Å²) in [5, 5.41) is 19.3. The van der Waals surface area contributed by atoms with Crippen molar-refractivity contribution in [1.82, 2.24) is 0 Å². The monoisotopic (exact) mass is 308 g/mol. The smallest absolute Gasteiger partial charge is 0.129 e. The van der Waals surface area contributed by atoms with Crippen molar-refractivity contribution < 1.29 is 14.6 Å². The minimum Gasteiger partial charge on any atom is -0.463 e. The van der Waals surface area contributed by atoms with E-state index in [-0.39, 0.29) is 25.0 Å². The molecule has 3 rings (SSSR count). The predicted octanol–water partition coefficient (Wildman–Crippen LogP) is 3.68. The van der Waals surface area contributed by atoms with E-state index in [0.29, 0.717) is 5.76 Å². The molecular weight excluding hydrogens is 288 g/mol. The number of hydrogen-bond acceptors (Lipinski definition) is 3. The molecule has 0 aliphatic carbocycles. The summed E-state index contributed by atoms with van der Waals surface area (Å²) in [5.74, 6) is 1.06. The van der Waals surface area contributed by atoms with Crippen molar-refractivity contribution in [3.63, 3.8) is 0 Å². The normalized spacial score (nSPS) is 13.7. The standard InChI is InChI=1S/C20H20O3/c21-13-17-11-12-19(23-17)20(16-9-5-2-6-10-16)18(14-22)15-7-3-1-4-8-15/h1-12,18,20-22H,13-14H2/t18-,20-/m1/s1. The van der Waals surface area contributed by atoms with Crippen LogP contribution in [0.4, 0.5) is 0 Å². The van der Waals surface area contributed by atoms with E-state index in [9.17, 15) is 10.2 Å². The first kappa shape index (κ1) is 15.5. The van der Waals surface area contributed by atoms with E-state index in [1.165, 1.54) is 0 Å². The van der Waals surface area contributed by atoms with Gasteiger partial charge in [-0.25, -0.2) is 0 Å². The summed E-state index contributed by atoms with van der Waals surface area (Å²) in [6, 6.07) is 23.6. The summed E-state index contributed by atoms with van der Waals surface area (Å²) >= 11 is 0. The van der Waals surface area contributed by atoms with Gasteiger partial charge in [0.25, 0.3) is 0 Å². The molecule has 0 spiro atoms. The molecule has 2 N–H and O–H groups in total. The third kappa shape index (κ3) is 3.36. The van der Waals surface area contributed by atoms with Crippen molar-refractivity contribution in [2.75, 3.05) is 6.61 Å². The van der Waals surface area contributed by atoms with Crippen LogP contribution < -0.4 is 0 Å². The molecule has 0 amide bonds. The highest BCUT2D eigenvalue weighted by Crippen LogP contribution is 2.38. The molecule has 1 heterocycles.